The number of carbonyl (C=O) groups is 3. The molecule has 6 aromatic carbocycles. The molecule has 10 heterocycles. The van der Waals surface area contributed by atoms with Crippen LogP contribution in [0.4, 0.5) is 24.5 Å². The zero-order chi connectivity index (χ0) is 93.6. The largest absolute Gasteiger partial charge is 0.534 e. The van der Waals surface area contributed by atoms with E-state index in [1.807, 2.05) is 189 Å². The number of nitrogens with one attached hydrogen (secondary N) is 2. The smallest absolute Gasteiger partial charge is 0.506 e. The molecular formula is C94H83F3N16O18S. The lowest BCUT2D eigenvalue weighted by atomic mass is 10.1. The number of pyridine rings is 6. The summed E-state index contributed by atoms with van der Waals surface area (Å²) in [5, 5.41) is 18.0. The predicted molar refractivity (Wildman–Crippen MR) is 480 cm³/mol. The Kier molecular flexibility index (Phi) is 30.1. The fourth-order valence-electron chi connectivity index (χ4n) is 13.3. The average Bonchev–Trinajstić information content (AvgIpc) is 0.746. The van der Waals surface area contributed by atoms with Gasteiger partial charge in [0, 0.05) is 42.7 Å². The summed E-state index contributed by atoms with van der Waals surface area (Å²) in [4.78, 5) is 155. The first-order chi connectivity index (χ1) is 63.8. The van der Waals surface area contributed by atoms with Gasteiger partial charge in [0.15, 0.2) is 45.0 Å². The molecule has 132 heavy (non-hydrogen) atoms. The predicted octanol–water partition coefficient (Wildman–Crippen LogP) is 12.7. The summed E-state index contributed by atoms with van der Waals surface area (Å²) in [6.07, 6.45) is 8.63. The molecule has 38 heteroatoms. The molecule has 0 aliphatic rings. The second-order valence-electron chi connectivity index (χ2n) is 28.5. The van der Waals surface area contributed by atoms with Gasteiger partial charge in [0.25, 0.3) is 5.56 Å². The molecule has 0 amide bonds. The lowest BCUT2D eigenvalue weighted by Crippen LogP contribution is -2.35. The lowest BCUT2D eigenvalue weighted by molar-refractivity contribution is -0.0500. The van der Waals surface area contributed by atoms with E-state index in [9.17, 15) is 60.3 Å². The number of hydrogen-bond acceptors (Lipinski definition) is 30. The quantitative estimate of drug-likeness (QED) is 0.0177. The van der Waals surface area contributed by atoms with Crippen LogP contribution in [0.5, 0.6) is 11.5 Å². The van der Waals surface area contributed by atoms with Gasteiger partial charge in [0.05, 0.1) is 86.9 Å². The third-order valence-electron chi connectivity index (χ3n) is 19.7. The van der Waals surface area contributed by atoms with Gasteiger partial charge < -0.3 is 53.5 Å². The molecule has 0 saturated heterocycles. The van der Waals surface area contributed by atoms with E-state index in [4.69, 9.17) is 33.6 Å². The molecule has 0 aliphatic heterocycles. The van der Waals surface area contributed by atoms with Crippen LogP contribution < -0.4 is 56.4 Å². The molecule has 0 atom stereocenters. The van der Waals surface area contributed by atoms with Crippen LogP contribution in [0.2, 0.25) is 0 Å². The van der Waals surface area contributed by atoms with E-state index in [2.05, 4.69) is 64.7 Å². The molecule has 16 aromatic rings. The first kappa shape index (κ1) is 93.0. The van der Waals surface area contributed by atoms with Crippen LogP contribution in [0, 0.1) is 27.7 Å². The van der Waals surface area contributed by atoms with Crippen molar-refractivity contribution in [1.82, 2.24) is 68.8 Å². The van der Waals surface area contributed by atoms with Crippen molar-refractivity contribution in [2.75, 3.05) is 30.5 Å². The van der Waals surface area contributed by atoms with Crippen LogP contribution in [0.25, 0.3) is 66.6 Å². The number of aromatic nitrogens is 14. The van der Waals surface area contributed by atoms with Gasteiger partial charge in [-0.25, -0.2) is 54.3 Å². The number of carbonyl (C=O) groups excluding carboxylic acids is 3. The summed E-state index contributed by atoms with van der Waals surface area (Å²) in [5.74, 6) is -4.83. The molecule has 0 spiro atoms. The molecule has 0 aliphatic carbocycles. The maximum Gasteiger partial charge on any atom is 0.534 e. The Bertz CT molecular complexity index is 7210. The number of aryl methyl sites for hydroxylation is 4. The molecule has 0 bridgehead atoms. The SMILES string of the molecule is CCOC(=O)c1c(NCc2ccc(-c3ccccc3)nc2)c2c(C)ncnc2n(OCc2ccccc2)c1=O.CCOC(=O)c1c(O)c2c(C)ncnc2n(OCc2ccccc2)c1=O.CCOC(=O)c1c(OS(=O)(=O)C(F)(F)F)c2c(C)ncnc2n(OCc2ccccc2)c1=O.Cc1ncnc2c1c(NCc1ccc(-c3ccccc3)nc1)cc(=O)n2OCc1ccccc1. The third kappa shape index (κ3) is 21.8. The van der Waals surface area contributed by atoms with E-state index in [0.717, 1.165) is 77.2 Å². The number of benzene rings is 6. The number of fused-ring (bicyclic) bond motifs is 4. The minimum absolute atomic E-state index is 0.0604. The van der Waals surface area contributed by atoms with Crippen LogP contribution in [-0.4, -0.2) is 126 Å². The summed E-state index contributed by atoms with van der Waals surface area (Å²) < 4.78 is 85.4. The summed E-state index contributed by atoms with van der Waals surface area (Å²) in [7, 11) is -6.27. The van der Waals surface area contributed by atoms with E-state index in [1.165, 1.54) is 43.6 Å². The Labute approximate surface area is 749 Å². The zero-order valence-electron chi connectivity index (χ0n) is 71.7. The average molecular weight is 1810 g/mol. The van der Waals surface area contributed by atoms with Crippen LogP contribution in [-0.2, 0) is 63.8 Å². The van der Waals surface area contributed by atoms with E-state index < -0.39 is 83.9 Å². The molecular weight excluding hydrogens is 1730 g/mol. The molecule has 0 fully saturated rings. The van der Waals surface area contributed by atoms with E-state index in [1.54, 1.807) is 64.2 Å². The molecule has 3 N–H and O–H groups in total. The number of esters is 3. The fraction of sp³-hybridized carbons (Fsp3) is 0.181. The summed E-state index contributed by atoms with van der Waals surface area (Å²) >= 11 is 0. The number of hydrogen-bond donors (Lipinski definition) is 3. The van der Waals surface area contributed by atoms with E-state index in [0.29, 0.717) is 57.2 Å². The maximum absolute atomic E-state index is 13.7. The number of aromatic hydroxyl groups is 1. The molecule has 16 rings (SSSR count). The second-order valence-corrected chi connectivity index (χ2v) is 30.1. The zero-order valence-corrected chi connectivity index (χ0v) is 72.5. The summed E-state index contributed by atoms with van der Waals surface area (Å²) in [6, 6.07) is 66.1. The van der Waals surface area contributed by atoms with Crippen molar-refractivity contribution in [2.45, 2.75) is 93.5 Å². The Morgan fingerprint density at radius 3 is 1.12 bits per heavy atom. The van der Waals surface area contributed by atoms with Crippen molar-refractivity contribution in [2.24, 2.45) is 0 Å². The third-order valence-corrected chi connectivity index (χ3v) is 20.6. The van der Waals surface area contributed by atoms with Crippen LogP contribution in [0.3, 0.4) is 0 Å². The van der Waals surface area contributed by atoms with Crippen molar-refractivity contribution in [1.29, 1.82) is 0 Å². The molecule has 0 saturated carbocycles. The Hall–Kier alpha value is -16.7. The standard InChI is InChI=1S/C30H27N5O4.C27H23N5O2.C19H16F3N3O7S.C18H17N3O5/c1-3-38-30(37)26-27(32-17-22-14-15-24(31-16-22)23-12-8-5-9-13-23)25-20(2)33-19-34-28(25)35(29(26)36)39-18-21-10-6-4-7-11-21;1-19-26-24(29-16-21-12-13-23(28-15-21)22-10-6-3-7-11-22)14-25(33)32(27(26)31-18-30-19)34-17-20-8-4-2-5-9-20;1-3-30-18(27)14-15(32-33(28,29)19(20,21)22)13-11(2)23-10-24-16(13)25(17(14)26)31-9-12-7-5-4-6-8-12;1-3-25-18(24)14-15(22)13-11(2)19-10-20-16(13)21(17(14)23)26-9-12-7-5-4-6-8-12/h4-16,19,32H,3,17-18H2,1-2H3;2-15,18,29H,16-17H2,1H3;4-8,10H,3,9H2,1-2H3;4-8,10,22H,3,9H2,1-2H3. The monoisotopic (exact) mass is 1810 g/mol. The van der Waals surface area contributed by atoms with E-state index >= 15 is 0 Å². The normalized spacial score (nSPS) is 11.1. The molecule has 0 unspecified atom stereocenters. The number of alkyl halides is 3. The van der Waals surface area contributed by atoms with Crippen molar-refractivity contribution in [3.05, 3.63) is 364 Å². The van der Waals surface area contributed by atoms with Gasteiger partial charge in [-0.05, 0) is 94.0 Å². The van der Waals surface area contributed by atoms with Gasteiger partial charge in [-0.2, -0.15) is 21.6 Å². The van der Waals surface area contributed by atoms with Crippen molar-refractivity contribution >= 4 is 83.5 Å². The van der Waals surface area contributed by atoms with Crippen LogP contribution >= 0.6 is 0 Å². The first-order valence-electron chi connectivity index (χ1n) is 40.7. The van der Waals surface area contributed by atoms with Crippen LogP contribution in [0.1, 0.15) is 108 Å². The molecule has 34 nitrogen and oxygen atoms in total. The topological polar surface area (TPSA) is 420 Å². The second kappa shape index (κ2) is 42.8. The minimum Gasteiger partial charge on any atom is -0.506 e. The minimum atomic E-state index is -6.27. The number of halogens is 3. The summed E-state index contributed by atoms with van der Waals surface area (Å²) in [6.45, 7) is 12.2. The van der Waals surface area contributed by atoms with E-state index in [-0.39, 0.29) is 79.7 Å². The number of ether oxygens (including phenoxy) is 3. The van der Waals surface area contributed by atoms with Gasteiger partial charge in [-0.15, -0.1) is 18.9 Å². The van der Waals surface area contributed by atoms with Gasteiger partial charge in [-0.3, -0.25) is 29.1 Å². The Balaban J connectivity index is 0.000000151. The highest BCUT2D eigenvalue weighted by Gasteiger charge is 2.50. The molecule has 10 aromatic heterocycles. The highest BCUT2D eigenvalue weighted by Crippen LogP contribution is 2.36. The van der Waals surface area contributed by atoms with Gasteiger partial charge >= 0.3 is 50.2 Å². The number of anilines is 2. The number of nitrogens with zero attached hydrogens (tertiary/aromatic N) is 14. The Morgan fingerprint density at radius 2 is 0.720 bits per heavy atom. The van der Waals surface area contributed by atoms with Crippen molar-refractivity contribution < 1.29 is 78.8 Å². The first-order valence-corrected chi connectivity index (χ1v) is 42.1. The van der Waals surface area contributed by atoms with Crippen molar-refractivity contribution in [3.8, 4) is 34.0 Å². The number of rotatable bonds is 28. The van der Waals surface area contributed by atoms with Gasteiger partial charge in [-0.1, -0.05) is 194 Å². The van der Waals surface area contributed by atoms with Gasteiger partial charge in [0.1, 0.15) is 57.5 Å². The van der Waals surface area contributed by atoms with Crippen LogP contribution in [0.15, 0.2) is 269 Å². The fourth-order valence-corrected chi connectivity index (χ4v) is 13.8. The maximum atomic E-state index is 13.7. The van der Waals surface area contributed by atoms with Gasteiger partial charge in [0.2, 0.25) is 0 Å². The lowest BCUT2D eigenvalue weighted by Gasteiger charge is -2.18. The highest BCUT2D eigenvalue weighted by molar-refractivity contribution is 7.88. The summed E-state index contributed by atoms with van der Waals surface area (Å²) in [5.41, 5.74) is 1.06. The Morgan fingerprint density at radius 1 is 0.386 bits per heavy atom. The van der Waals surface area contributed by atoms with Crippen molar-refractivity contribution in [3.63, 3.8) is 0 Å². The molecule has 0 radical (unpaired) electrons. The highest BCUT2D eigenvalue weighted by atomic mass is 32.2. The molecule has 674 valence electrons.